The summed E-state index contributed by atoms with van der Waals surface area (Å²) in [5, 5.41) is 0. The first-order valence-corrected chi connectivity index (χ1v) is 8.32. The van der Waals surface area contributed by atoms with Gasteiger partial charge in [0.05, 0.1) is 19.3 Å². The SMILES string of the molecule is O=C(COCC1CC1)N1CCC(OCc2ccccc2)CC1. The standard InChI is InChI=1S/C18H25NO3/c20-18(14-21-12-16-6-7-16)19-10-8-17(9-11-19)22-13-15-4-2-1-3-5-15/h1-5,16-17H,6-14H2. The molecule has 0 bridgehead atoms. The Labute approximate surface area is 132 Å². The maximum Gasteiger partial charge on any atom is 0.248 e. The number of hydrogen-bond acceptors (Lipinski definition) is 3. The van der Waals surface area contributed by atoms with Crippen LogP contribution in [0, 0.1) is 5.92 Å². The minimum Gasteiger partial charge on any atom is -0.373 e. The number of rotatable bonds is 7. The zero-order chi connectivity index (χ0) is 15.2. The van der Waals surface area contributed by atoms with Crippen LogP contribution in [0.4, 0.5) is 0 Å². The lowest BCUT2D eigenvalue weighted by Crippen LogP contribution is -2.42. The van der Waals surface area contributed by atoms with Gasteiger partial charge in [-0.1, -0.05) is 30.3 Å². The summed E-state index contributed by atoms with van der Waals surface area (Å²) in [5.41, 5.74) is 1.20. The van der Waals surface area contributed by atoms with Crippen molar-refractivity contribution in [2.45, 2.75) is 38.4 Å². The summed E-state index contributed by atoms with van der Waals surface area (Å²) in [6.07, 6.45) is 4.62. The third kappa shape index (κ3) is 4.82. The molecule has 2 aliphatic rings. The van der Waals surface area contributed by atoms with Crippen LogP contribution in [-0.4, -0.2) is 43.2 Å². The summed E-state index contributed by atoms with van der Waals surface area (Å²) in [7, 11) is 0. The molecule has 0 atom stereocenters. The molecule has 120 valence electrons. The molecule has 3 rings (SSSR count). The molecule has 22 heavy (non-hydrogen) atoms. The molecule has 1 saturated carbocycles. The van der Waals surface area contributed by atoms with Crippen molar-refractivity contribution in [3.05, 3.63) is 35.9 Å². The van der Waals surface area contributed by atoms with Crippen molar-refractivity contribution in [2.24, 2.45) is 5.92 Å². The van der Waals surface area contributed by atoms with Crippen LogP contribution in [0.2, 0.25) is 0 Å². The number of benzene rings is 1. The Morgan fingerprint density at radius 2 is 1.82 bits per heavy atom. The average Bonchev–Trinajstić information content (AvgIpc) is 3.38. The molecule has 1 aromatic carbocycles. The second-order valence-corrected chi connectivity index (χ2v) is 6.34. The lowest BCUT2D eigenvalue weighted by atomic mass is 10.1. The van der Waals surface area contributed by atoms with Crippen LogP contribution in [0.3, 0.4) is 0 Å². The molecule has 1 amide bonds. The summed E-state index contributed by atoms with van der Waals surface area (Å²) < 4.78 is 11.4. The van der Waals surface area contributed by atoms with Gasteiger partial charge in [0.25, 0.3) is 0 Å². The fourth-order valence-corrected chi connectivity index (χ4v) is 2.75. The first-order chi connectivity index (χ1) is 10.8. The van der Waals surface area contributed by atoms with Crippen molar-refractivity contribution in [3.8, 4) is 0 Å². The van der Waals surface area contributed by atoms with E-state index in [4.69, 9.17) is 9.47 Å². The molecule has 0 N–H and O–H groups in total. The molecule has 1 saturated heterocycles. The van der Waals surface area contributed by atoms with E-state index in [1.54, 1.807) is 0 Å². The van der Waals surface area contributed by atoms with Gasteiger partial charge in [0, 0.05) is 13.1 Å². The van der Waals surface area contributed by atoms with Crippen molar-refractivity contribution in [1.82, 2.24) is 4.90 Å². The number of carbonyl (C=O) groups is 1. The van der Waals surface area contributed by atoms with Gasteiger partial charge in [0.15, 0.2) is 0 Å². The van der Waals surface area contributed by atoms with Gasteiger partial charge in [0.1, 0.15) is 6.61 Å². The topological polar surface area (TPSA) is 38.8 Å². The van der Waals surface area contributed by atoms with Crippen LogP contribution in [0.1, 0.15) is 31.2 Å². The lowest BCUT2D eigenvalue weighted by Gasteiger charge is -2.32. The van der Waals surface area contributed by atoms with E-state index in [-0.39, 0.29) is 18.6 Å². The van der Waals surface area contributed by atoms with Crippen LogP contribution >= 0.6 is 0 Å². The summed E-state index contributed by atoms with van der Waals surface area (Å²) >= 11 is 0. The molecular formula is C18H25NO3. The van der Waals surface area contributed by atoms with E-state index in [0.717, 1.165) is 32.5 Å². The highest BCUT2D eigenvalue weighted by atomic mass is 16.5. The molecule has 1 aliphatic heterocycles. The fourth-order valence-electron chi connectivity index (χ4n) is 2.75. The Morgan fingerprint density at radius 3 is 2.50 bits per heavy atom. The van der Waals surface area contributed by atoms with Crippen molar-refractivity contribution >= 4 is 5.91 Å². The van der Waals surface area contributed by atoms with Gasteiger partial charge in [-0.2, -0.15) is 0 Å². The van der Waals surface area contributed by atoms with Gasteiger partial charge in [-0.05, 0) is 37.2 Å². The highest BCUT2D eigenvalue weighted by molar-refractivity contribution is 5.77. The zero-order valence-electron chi connectivity index (χ0n) is 13.1. The van der Waals surface area contributed by atoms with Crippen LogP contribution in [0.15, 0.2) is 30.3 Å². The maximum absolute atomic E-state index is 12.0. The second kappa shape index (κ2) is 7.75. The Bertz CT molecular complexity index is 464. The number of piperidine rings is 1. The molecular weight excluding hydrogens is 278 g/mol. The maximum atomic E-state index is 12.0. The Hall–Kier alpha value is -1.39. The zero-order valence-corrected chi connectivity index (χ0v) is 13.1. The van der Waals surface area contributed by atoms with E-state index in [0.29, 0.717) is 12.5 Å². The molecule has 4 nitrogen and oxygen atoms in total. The number of ether oxygens (including phenoxy) is 2. The van der Waals surface area contributed by atoms with Crippen LogP contribution in [0.5, 0.6) is 0 Å². The van der Waals surface area contributed by atoms with E-state index in [1.807, 2.05) is 23.1 Å². The largest absolute Gasteiger partial charge is 0.373 e. The predicted octanol–water partition coefficient (Wildman–Crippen LogP) is 2.62. The summed E-state index contributed by atoms with van der Waals surface area (Å²) in [6.45, 7) is 3.22. The van der Waals surface area contributed by atoms with Crippen molar-refractivity contribution in [1.29, 1.82) is 0 Å². The highest BCUT2D eigenvalue weighted by Gasteiger charge is 2.25. The van der Waals surface area contributed by atoms with Gasteiger partial charge in [-0.15, -0.1) is 0 Å². The van der Waals surface area contributed by atoms with Gasteiger partial charge < -0.3 is 14.4 Å². The summed E-state index contributed by atoms with van der Waals surface area (Å²) in [6, 6.07) is 10.2. The molecule has 4 heteroatoms. The molecule has 1 heterocycles. The Morgan fingerprint density at radius 1 is 1.09 bits per heavy atom. The molecule has 0 spiro atoms. The summed E-state index contributed by atoms with van der Waals surface area (Å²) in [5.74, 6) is 0.840. The first kappa shape index (κ1) is 15.5. The van der Waals surface area contributed by atoms with Gasteiger partial charge in [-0.3, -0.25) is 4.79 Å². The van der Waals surface area contributed by atoms with E-state index in [1.165, 1.54) is 18.4 Å². The molecule has 2 fully saturated rings. The molecule has 0 radical (unpaired) electrons. The Balaban J connectivity index is 1.32. The molecule has 0 unspecified atom stereocenters. The van der Waals surface area contributed by atoms with Gasteiger partial charge in [-0.25, -0.2) is 0 Å². The number of likely N-dealkylation sites (tertiary alicyclic amines) is 1. The third-order valence-electron chi connectivity index (χ3n) is 4.40. The number of nitrogens with zero attached hydrogens (tertiary/aromatic N) is 1. The molecule has 1 aliphatic carbocycles. The minimum atomic E-state index is 0.127. The van der Waals surface area contributed by atoms with Crippen LogP contribution in [0.25, 0.3) is 0 Å². The number of hydrogen-bond donors (Lipinski definition) is 0. The highest BCUT2D eigenvalue weighted by Crippen LogP contribution is 2.28. The average molecular weight is 303 g/mol. The van der Waals surface area contributed by atoms with Gasteiger partial charge >= 0.3 is 0 Å². The molecule has 0 aromatic heterocycles. The van der Waals surface area contributed by atoms with E-state index in [9.17, 15) is 4.79 Å². The first-order valence-electron chi connectivity index (χ1n) is 8.32. The normalized spacial score (nSPS) is 19.4. The van der Waals surface area contributed by atoms with E-state index in [2.05, 4.69) is 12.1 Å². The minimum absolute atomic E-state index is 0.127. The fraction of sp³-hybridized carbons (Fsp3) is 0.611. The van der Waals surface area contributed by atoms with E-state index >= 15 is 0 Å². The Kier molecular flexibility index (Phi) is 5.46. The van der Waals surface area contributed by atoms with E-state index < -0.39 is 0 Å². The molecule has 1 aromatic rings. The van der Waals surface area contributed by atoms with Gasteiger partial charge in [0.2, 0.25) is 5.91 Å². The van der Waals surface area contributed by atoms with Crippen LogP contribution < -0.4 is 0 Å². The second-order valence-electron chi connectivity index (χ2n) is 6.34. The predicted molar refractivity (Wildman–Crippen MR) is 84.4 cm³/mol. The monoisotopic (exact) mass is 303 g/mol. The number of carbonyl (C=O) groups excluding carboxylic acids is 1. The van der Waals surface area contributed by atoms with Crippen molar-refractivity contribution in [3.63, 3.8) is 0 Å². The smallest absolute Gasteiger partial charge is 0.248 e. The quantitative estimate of drug-likeness (QED) is 0.777. The third-order valence-corrected chi connectivity index (χ3v) is 4.40. The lowest BCUT2D eigenvalue weighted by molar-refractivity contribution is -0.139. The van der Waals surface area contributed by atoms with Crippen LogP contribution in [-0.2, 0) is 20.9 Å². The van der Waals surface area contributed by atoms with Crippen molar-refractivity contribution < 1.29 is 14.3 Å². The summed E-state index contributed by atoms with van der Waals surface area (Å²) in [4.78, 5) is 14.0. The number of amides is 1. The van der Waals surface area contributed by atoms with Crippen molar-refractivity contribution in [2.75, 3.05) is 26.3 Å².